The number of carboxylic acids is 1. The highest BCUT2D eigenvalue weighted by atomic mass is 32.1. The number of nitriles is 1. The summed E-state index contributed by atoms with van der Waals surface area (Å²) in [6, 6.07) is 9.68. The molecule has 0 bridgehead atoms. The number of thiophene rings is 1. The minimum Gasteiger partial charge on any atom is -0.507 e. The van der Waals surface area contributed by atoms with Gasteiger partial charge in [0.05, 0.1) is 5.56 Å². The van der Waals surface area contributed by atoms with Gasteiger partial charge in [-0.25, -0.2) is 4.79 Å². The second-order valence-corrected chi connectivity index (χ2v) is 4.40. The van der Waals surface area contributed by atoms with Crippen LogP contribution in [0, 0.1) is 11.3 Å². The first-order valence-corrected chi connectivity index (χ1v) is 5.50. The molecule has 0 aliphatic carbocycles. The van der Waals surface area contributed by atoms with E-state index < -0.39 is 5.97 Å². The number of benzene rings is 1. The number of rotatable bonds is 2. The smallest absolute Gasteiger partial charge is 0.345 e. The maximum atomic E-state index is 10.7. The van der Waals surface area contributed by atoms with Crippen molar-refractivity contribution in [1.29, 1.82) is 5.26 Å². The number of nitrogens with zero attached hydrogens (tertiary/aromatic N) is 1. The predicted octanol–water partition coefficient (Wildman–Crippen LogP) is 2.69. The Morgan fingerprint density at radius 1 is 1.29 bits per heavy atom. The van der Waals surface area contributed by atoms with Crippen LogP contribution in [0.3, 0.4) is 0 Å². The van der Waals surface area contributed by atoms with Crippen molar-refractivity contribution in [3.05, 3.63) is 40.8 Å². The van der Waals surface area contributed by atoms with Crippen LogP contribution in [0.5, 0.6) is 5.75 Å². The molecule has 0 saturated carbocycles. The lowest BCUT2D eigenvalue weighted by Gasteiger charge is -1.99. The Morgan fingerprint density at radius 3 is 2.65 bits per heavy atom. The topological polar surface area (TPSA) is 81.3 Å². The lowest BCUT2D eigenvalue weighted by molar-refractivity contribution is 0.0702. The van der Waals surface area contributed by atoms with Gasteiger partial charge in [0, 0.05) is 4.88 Å². The van der Waals surface area contributed by atoms with Gasteiger partial charge in [-0.3, -0.25) is 0 Å². The summed E-state index contributed by atoms with van der Waals surface area (Å²) in [5.74, 6) is -1.05. The SMILES string of the molecule is N#Cc1cc(-c2ccc(C(=O)O)s2)ccc1O. The lowest BCUT2D eigenvalue weighted by Crippen LogP contribution is -1.89. The lowest BCUT2D eigenvalue weighted by atomic mass is 10.1. The van der Waals surface area contributed by atoms with Crippen molar-refractivity contribution in [3.8, 4) is 22.3 Å². The van der Waals surface area contributed by atoms with Crippen LogP contribution < -0.4 is 0 Å². The van der Waals surface area contributed by atoms with E-state index in [0.29, 0.717) is 0 Å². The van der Waals surface area contributed by atoms with Crippen LogP contribution in [0.15, 0.2) is 30.3 Å². The molecule has 1 aromatic heterocycles. The molecule has 0 spiro atoms. The molecule has 2 N–H and O–H groups in total. The highest BCUT2D eigenvalue weighted by Gasteiger charge is 2.10. The first-order chi connectivity index (χ1) is 8.11. The number of phenolic OH excluding ortho intramolecular Hbond substituents is 1. The maximum Gasteiger partial charge on any atom is 0.345 e. The Bertz CT molecular complexity index is 625. The van der Waals surface area contributed by atoms with E-state index in [9.17, 15) is 9.90 Å². The van der Waals surface area contributed by atoms with Gasteiger partial charge in [-0.1, -0.05) is 0 Å². The molecule has 1 aromatic carbocycles. The highest BCUT2D eigenvalue weighted by molar-refractivity contribution is 7.17. The molecule has 84 valence electrons. The predicted molar refractivity (Wildman–Crippen MR) is 63.1 cm³/mol. The number of phenols is 1. The van der Waals surface area contributed by atoms with Gasteiger partial charge in [-0.2, -0.15) is 5.26 Å². The molecular formula is C12H7NO3S. The van der Waals surface area contributed by atoms with Gasteiger partial charge in [0.1, 0.15) is 16.7 Å². The number of hydrogen-bond acceptors (Lipinski definition) is 4. The van der Waals surface area contributed by atoms with Gasteiger partial charge in [0.15, 0.2) is 0 Å². The molecule has 0 unspecified atom stereocenters. The third-order valence-electron chi connectivity index (χ3n) is 2.22. The zero-order chi connectivity index (χ0) is 12.4. The first kappa shape index (κ1) is 11.2. The van der Waals surface area contributed by atoms with Gasteiger partial charge >= 0.3 is 5.97 Å². The van der Waals surface area contributed by atoms with Gasteiger partial charge in [0.2, 0.25) is 0 Å². The van der Waals surface area contributed by atoms with E-state index in [1.54, 1.807) is 12.1 Å². The summed E-state index contributed by atoms with van der Waals surface area (Å²) in [5, 5.41) is 27.0. The Kier molecular flexibility index (Phi) is 2.81. The van der Waals surface area contributed by atoms with Crippen molar-refractivity contribution < 1.29 is 15.0 Å². The Morgan fingerprint density at radius 2 is 2.06 bits per heavy atom. The van der Waals surface area contributed by atoms with Crippen molar-refractivity contribution in [1.82, 2.24) is 0 Å². The van der Waals surface area contributed by atoms with E-state index in [-0.39, 0.29) is 16.2 Å². The fourth-order valence-electron chi connectivity index (χ4n) is 1.39. The van der Waals surface area contributed by atoms with E-state index in [1.807, 2.05) is 6.07 Å². The number of hydrogen-bond donors (Lipinski definition) is 2. The second kappa shape index (κ2) is 4.28. The van der Waals surface area contributed by atoms with Crippen LogP contribution in [0.1, 0.15) is 15.2 Å². The summed E-state index contributed by atoms with van der Waals surface area (Å²) in [6.45, 7) is 0. The Hall–Kier alpha value is -2.32. The number of carbonyl (C=O) groups is 1. The molecule has 4 nitrogen and oxygen atoms in total. The molecule has 2 aromatic rings. The standard InChI is InChI=1S/C12H7NO3S/c13-6-8-5-7(1-2-9(8)14)10-3-4-11(17-10)12(15)16/h1-5,14H,(H,15,16). The molecule has 0 saturated heterocycles. The summed E-state index contributed by atoms with van der Waals surface area (Å²) in [7, 11) is 0. The second-order valence-electron chi connectivity index (χ2n) is 3.31. The summed E-state index contributed by atoms with van der Waals surface area (Å²) < 4.78 is 0. The monoisotopic (exact) mass is 245 g/mol. The number of aromatic carboxylic acids is 1. The van der Waals surface area contributed by atoms with Crippen LogP contribution >= 0.6 is 11.3 Å². The zero-order valence-electron chi connectivity index (χ0n) is 8.54. The van der Waals surface area contributed by atoms with Crippen molar-refractivity contribution in [2.45, 2.75) is 0 Å². The molecule has 0 aliphatic heterocycles. The molecule has 0 radical (unpaired) electrons. The maximum absolute atomic E-state index is 10.7. The van der Waals surface area contributed by atoms with E-state index >= 15 is 0 Å². The molecule has 2 rings (SSSR count). The van der Waals surface area contributed by atoms with Crippen LogP contribution in [0.25, 0.3) is 10.4 Å². The first-order valence-electron chi connectivity index (χ1n) is 4.68. The summed E-state index contributed by atoms with van der Waals surface area (Å²) >= 11 is 1.13. The third kappa shape index (κ3) is 2.12. The Balaban J connectivity index is 2.46. The van der Waals surface area contributed by atoms with Gasteiger partial charge in [-0.05, 0) is 35.9 Å². The number of aromatic hydroxyl groups is 1. The van der Waals surface area contributed by atoms with E-state index in [1.165, 1.54) is 18.2 Å². The van der Waals surface area contributed by atoms with Crippen LogP contribution in [0.2, 0.25) is 0 Å². The van der Waals surface area contributed by atoms with E-state index in [0.717, 1.165) is 21.8 Å². The normalized spacial score (nSPS) is 9.82. The van der Waals surface area contributed by atoms with E-state index in [2.05, 4.69) is 0 Å². The molecule has 1 heterocycles. The highest BCUT2D eigenvalue weighted by Crippen LogP contribution is 2.30. The average Bonchev–Trinajstić information content (AvgIpc) is 2.79. The fourth-order valence-corrected chi connectivity index (χ4v) is 2.23. The van der Waals surface area contributed by atoms with Gasteiger partial charge in [0.25, 0.3) is 0 Å². The zero-order valence-corrected chi connectivity index (χ0v) is 9.36. The molecule has 0 aliphatic rings. The molecule has 17 heavy (non-hydrogen) atoms. The summed E-state index contributed by atoms with van der Waals surface area (Å²) in [6.07, 6.45) is 0. The van der Waals surface area contributed by atoms with Crippen LogP contribution in [0.4, 0.5) is 0 Å². The average molecular weight is 245 g/mol. The van der Waals surface area contributed by atoms with Crippen molar-refractivity contribution in [3.63, 3.8) is 0 Å². The van der Waals surface area contributed by atoms with Gasteiger partial charge < -0.3 is 10.2 Å². The fraction of sp³-hybridized carbons (Fsp3) is 0. The van der Waals surface area contributed by atoms with Crippen LogP contribution in [-0.4, -0.2) is 16.2 Å². The molecule has 0 atom stereocenters. The van der Waals surface area contributed by atoms with Crippen molar-refractivity contribution >= 4 is 17.3 Å². The van der Waals surface area contributed by atoms with Crippen LogP contribution in [-0.2, 0) is 0 Å². The number of carboxylic acid groups (broad SMARTS) is 1. The summed E-state index contributed by atoms with van der Waals surface area (Å²) in [5.41, 5.74) is 0.893. The van der Waals surface area contributed by atoms with E-state index in [4.69, 9.17) is 10.4 Å². The molecule has 0 fully saturated rings. The quantitative estimate of drug-likeness (QED) is 0.852. The summed E-state index contributed by atoms with van der Waals surface area (Å²) in [4.78, 5) is 11.7. The third-order valence-corrected chi connectivity index (χ3v) is 3.34. The minimum absolute atomic E-state index is 0.0775. The minimum atomic E-state index is -0.972. The molecule has 5 heteroatoms. The molecule has 0 amide bonds. The largest absolute Gasteiger partial charge is 0.507 e. The van der Waals surface area contributed by atoms with Gasteiger partial charge in [-0.15, -0.1) is 11.3 Å². The van der Waals surface area contributed by atoms with Crippen molar-refractivity contribution in [2.24, 2.45) is 0 Å². The van der Waals surface area contributed by atoms with Crippen molar-refractivity contribution in [2.75, 3.05) is 0 Å². The Labute approximate surface area is 101 Å². The molecular weight excluding hydrogens is 238 g/mol.